The summed E-state index contributed by atoms with van der Waals surface area (Å²) in [6.07, 6.45) is 0.665. The summed E-state index contributed by atoms with van der Waals surface area (Å²) in [6.45, 7) is -1.35. The van der Waals surface area contributed by atoms with E-state index in [-0.39, 0.29) is 12.2 Å². The van der Waals surface area contributed by atoms with Gasteiger partial charge in [-0.05, 0) is 42.0 Å². The first kappa shape index (κ1) is 18.5. The van der Waals surface area contributed by atoms with E-state index in [9.17, 15) is 18.0 Å². The van der Waals surface area contributed by atoms with Crippen LogP contribution in [0, 0.1) is 0 Å². The second-order valence-electron chi connectivity index (χ2n) is 5.64. The minimum absolute atomic E-state index is 0.0488. The molecule has 0 radical (unpaired) electrons. The molecule has 8 heteroatoms. The second-order valence-corrected chi connectivity index (χ2v) is 5.64. The number of imidazole rings is 1. The molecule has 0 bridgehead atoms. The van der Waals surface area contributed by atoms with Gasteiger partial charge in [0.25, 0.3) is 0 Å². The van der Waals surface area contributed by atoms with Crippen molar-refractivity contribution < 1.29 is 27.4 Å². The first-order chi connectivity index (χ1) is 12.9. The van der Waals surface area contributed by atoms with Crippen LogP contribution >= 0.6 is 0 Å². The number of hydrogen-bond donors (Lipinski definition) is 0. The zero-order chi connectivity index (χ0) is 19.3. The number of esters is 1. The van der Waals surface area contributed by atoms with Gasteiger partial charge in [-0.3, -0.25) is 0 Å². The van der Waals surface area contributed by atoms with Crippen LogP contribution in [0.3, 0.4) is 0 Å². The summed E-state index contributed by atoms with van der Waals surface area (Å²) in [5, 5.41) is 0. The molecule has 140 valence electrons. The van der Waals surface area contributed by atoms with Gasteiger partial charge in [0.05, 0.1) is 11.9 Å². The van der Waals surface area contributed by atoms with Crippen LogP contribution in [-0.2, 0) is 11.3 Å². The molecule has 3 rings (SSSR count). The van der Waals surface area contributed by atoms with E-state index in [1.165, 1.54) is 12.1 Å². The fraction of sp³-hybridized carbons (Fsp3) is 0.158. The van der Waals surface area contributed by atoms with Crippen LogP contribution in [0.4, 0.5) is 13.2 Å². The van der Waals surface area contributed by atoms with Crippen molar-refractivity contribution in [2.75, 3.05) is 6.61 Å². The molecule has 0 saturated carbocycles. The maximum absolute atomic E-state index is 12.1. The van der Waals surface area contributed by atoms with Gasteiger partial charge in [-0.2, -0.15) is 13.2 Å². The largest absolute Gasteiger partial charge is 0.489 e. The van der Waals surface area contributed by atoms with Crippen molar-refractivity contribution in [3.63, 3.8) is 0 Å². The Labute approximate surface area is 153 Å². The van der Waals surface area contributed by atoms with Crippen LogP contribution in [-0.4, -0.2) is 28.3 Å². The Balaban J connectivity index is 1.53. The number of ether oxygens (including phenoxy) is 2. The highest BCUT2D eigenvalue weighted by Crippen LogP contribution is 2.18. The Hall–Kier alpha value is -3.29. The second kappa shape index (κ2) is 7.94. The number of alkyl halides is 3. The molecule has 0 spiro atoms. The zero-order valence-electron chi connectivity index (χ0n) is 14.0. The van der Waals surface area contributed by atoms with E-state index in [0.29, 0.717) is 5.75 Å². The smallest absolute Gasteiger partial charge is 0.422 e. The fourth-order valence-electron chi connectivity index (χ4n) is 2.26. The Morgan fingerprint density at radius 2 is 1.74 bits per heavy atom. The van der Waals surface area contributed by atoms with Crippen molar-refractivity contribution in [3.8, 4) is 11.4 Å². The molecule has 0 fully saturated rings. The van der Waals surface area contributed by atoms with Crippen molar-refractivity contribution in [3.05, 3.63) is 78.4 Å². The molecule has 0 saturated heterocycles. The van der Waals surface area contributed by atoms with Crippen molar-refractivity contribution >= 4 is 5.97 Å². The first-order valence-electron chi connectivity index (χ1n) is 7.95. The number of rotatable bonds is 6. The topological polar surface area (TPSA) is 53.4 Å². The van der Waals surface area contributed by atoms with E-state index in [2.05, 4.69) is 9.72 Å². The number of nitrogens with zero attached hydrogens (tertiary/aromatic N) is 2. The quantitative estimate of drug-likeness (QED) is 0.606. The maximum atomic E-state index is 12.1. The van der Waals surface area contributed by atoms with Crippen LogP contribution in [0.15, 0.2) is 67.3 Å². The third-order valence-corrected chi connectivity index (χ3v) is 3.60. The lowest BCUT2D eigenvalue weighted by atomic mass is 10.1. The molecule has 27 heavy (non-hydrogen) atoms. The molecule has 0 aliphatic heterocycles. The van der Waals surface area contributed by atoms with Crippen LogP contribution in [0.2, 0.25) is 0 Å². The summed E-state index contributed by atoms with van der Waals surface area (Å²) in [5.41, 5.74) is 1.76. The van der Waals surface area contributed by atoms with Gasteiger partial charge in [-0.25, -0.2) is 9.78 Å². The molecule has 0 amide bonds. The van der Waals surface area contributed by atoms with E-state index < -0.39 is 18.8 Å². The standard InChI is InChI=1S/C19H15F3N2O3/c20-19(21,22)12-27-18(25)15-3-1-14(2-4-15)11-26-17-7-5-16(6-8-17)24-10-9-23-13-24/h1-10,13H,11-12H2. The molecular weight excluding hydrogens is 361 g/mol. The third-order valence-electron chi connectivity index (χ3n) is 3.60. The molecular formula is C19H15F3N2O3. The lowest BCUT2D eigenvalue weighted by molar-refractivity contribution is -0.161. The Morgan fingerprint density at radius 1 is 1.04 bits per heavy atom. The molecule has 1 aromatic heterocycles. The monoisotopic (exact) mass is 376 g/mol. The van der Waals surface area contributed by atoms with Gasteiger partial charge in [0.1, 0.15) is 12.4 Å². The predicted molar refractivity (Wildman–Crippen MR) is 90.7 cm³/mol. The summed E-state index contributed by atoms with van der Waals surface area (Å²) in [5.74, 6) is -0.359. The van der Waals surface area contributed by atoms with Gasteiger partial charge in [0.2, 0.25) is 0 Å². The molecule has 1 heterocycles. The average Bonchev–Trinajstić information content (AvgIpc) is 3.19. The third kappa shape index (κ3) is 5.34. The highest BCUT2D eigenvalue weighted by Gasteiger charge is 2.29. The zero-order valence-corrected chi connectivity index (χ0v) is 14.0. The van der Waals surface area contributed by atoms with Gasteiger partial charge >= 0.3 is 12.1 Å². The molecule has 0 atom stereocenters. The van der Waals surface area contributed by atoms with Crippen molar-refractivity contribution in [1.29, 1.82) is 0 Å². The Bertz CT molecular complexity index is 874. The van der Waals surface area contributed by atoms with E-state index in [1.807, 2.05) is 35.0 Å². The Morgan fingerprint density at radius 3 is 2.33 bits per heavy atom. The molecule has 3 aromatic rings. The van der Waals surface area contributed by atoms with Gasteiger partial charge in [0.15, 0.2) is 6.61 Å². The van der Waals surface area contributed by atoms with Gasteiger partial charge < -0.3 is 14.0 Å². The highest BCUT2D eigenvalue weighted by molar-refractivity contribution is 5.89. The Kier molecular flexibility index (Phi) is 5.44. The van der Waals surface area contributed by atoms with E-state index in [0.717, 1.165) is 11.3 Å². The maximum Gasteiger partial charge on any atom is 0.422 e. The summed E-state index contributed by atoms with van der Waals surface area (Å²) >= 11 is 0. The highest BCUT2D eigenvalue weighted by atomic mass is 19.4. The predicted octanol–water partition coefficient (Wildman–Crippen LogP) is 4.17. The van der Waals surface area contributed by atoms with Crippen molar-refractivity contribution in [1.82, 2.24) is 9.55 Å². The van der Waals surface area contributed by atoms with Crippen molar-refractivity contribution in [2.24, 2.45) is 0 Å². The number of carbonyl (C=O) groups excluding carboxylic acids is 1. The minimum Gasteiger partial charge on any atom is -0.489 e. The molecule has 0 aliphatic rings. The van der Waals surface area contributed by atoms with Gasteiger partial charge in [-0.1, -0.05) is 12.1 Å². The number of hydrogen-bond acceptors (Lipinski definition) is 4. The lowest BCUT2D eigenvalue weighted by Gasteiger charge is -2.09. The number of carbonyl (C=O) groups is 1. The van der Waals surface area contributed by atoms with Crippen LogP contribution in [0.25, 0.3) is 5.69 Å². The van der Waals surface area contributed by atoms with Gasteiger partial charge in [-0.15, -0.1) is 0 Å². The first-order valence-corrected chi connectivity index (χ1v) is 7.95. The number of halogens is 3. The normalized spacial score (nSPS) is 11.2. The van der Waals surface area contributed by atoms with E-state index in [1.54, 1.807) is 24.7 Å². The molecule has 5 nitrogen and oxygen atoms in total. The van der Waals surface area contributed by atoms with Crippen LogP contribution < -0.4 is 4.74 Å². The number of aromatic nitrogens is 2. The summed E-state index contributed by atoms with van der Waals surface area (Å²) < 4.78 is 47.9. The fourth-order valence-corrected chi connectivity index (χ4v) is 2.26. The summed E-state index contributed by atoms with van der Waals surface area (Å²) in [4.78, 5) is 15.5. The molecule has 2 aromatic carbocycles. The molecule has 0 N–H and O–H groups in total. The van der Waals surface area contributed by atoms with E-state index >= 15 is 0 Å². The summed E-state index contributed by atoms with van der Waals surface area (Å²) in [6, 6.07) is 13.4. The van der Waals surface area contributed by atoms with Crippen LogP contribution in [0.5, 0.6) is 5.75 Å². The average molecular weight is 376 g/mol. The van der Waals surface area contributed by atoms with Crippen LogP contribution in [0.1, 0.15) is 15.9 Å². The molecule has 0 unspecified atom stereocenters. The number of benzene rings is 2. The minimum atomic E-state index is -4.54. The molecule has 0 aliphatic carbocycles. The van der Waals surface area contributed by atoms with Crippen molar-refractivity contribution in [2.45, 2.75) is 12.8 Å². The summed E-state index contributed by atoms with van der Waals surface area (Å²) in [7, 11) is 0. The SMILES string of the molecule is O=C(OCC(F)(F)F)c1ccc(COc2ccc(-n3ccnc3)cc2)cc1. The van der Waals surface area contributed by atoms with Gasteiger partial charge in [0, 0.05) is 18.1 Å². The van der Waals surface area contributed by atoms with E-state index in [4.69, 9.17) is 4.74 Å². The lowest BCUT2D eigenvalue weighted by Crippen LogP contribution is -2.20.